The van der Waals surface area contributed by atoms with Crippen molar-refractivity contribution < 1.29 is 28.5 Å². The van der Waals surface area contributed by atoms with Gasteiger partial charge in [0.25, 0.3) is 17.7 Å². The maximum absolute atomic E-state index is 13.7. The van der Waals surface area contributed by atoms with Gasteiger partial charge in [0.15, 0.2) is 6.10 Å². The minimum Gasteiger partial charge on any atom is -0.614 e. The van der Waals surface area contributed by atoms with Crippen LogP contribution in [0.2, 0.25) is 0 Å². The molecule has 1 saturated carbocycles. The second kappa shape index (κ2) is 9.77. The molecule has 34 heavy (non-hydrogen) atoms. The van der Waals surface area contributed by atoms with Crippen molar-refractivity contribution in [2.45, 2.75) is 93.4 Å². The lowest BCUT2D eigenvalue weighted by Crippen LogP contribution is -2.68. The molecule has 4 unspecified atom stereocenters. The SMILES string of the molecule is CC(C)(C)[S@@+]([O-])C12CC1C=CCCCCCC(OC(N)=O)C(=O)N1CCCC1(C(N)=O)C(=O)N2. The fourth-order valence-corrected chi connectivity index (χ4v) is 7.00. The van der Waals surface area contributed by atoms with E-state index in [1.165, 1.54) is 0 Å². The number of hydrogen-bond donors (Lipinski definition) is 3. The summed E-state index contributed by atoms with van der Waals surface area (Å²) in [4.78, 5) is 51.5. The molecule has 10 nitrogen and oxygen atoms in total. The van der Waals surface area contributed by atoms with Crippen molar-refractivity contribution in [1.29, 1.82) is 0 Å². The quantitative estimate of drug-likeness (QED) is 0.301. The number of ether oxygens (including phenoxy) is 1. The number of fused-ring (bicyclic) bond motifs is 2. The lowest BCUT2D eigenvalue weighted by molar-refractivity contribution is -0.157. The van der Waals surface area contributed by atoms with Crippen molar-refractivity contribution >= 4 is 35.0 Å². The van der Waals surface area contributed by atoms with Crippen LogP contribution in [0.5, 0.6) is 0 Å². The van der Waals surface area contributed by atoms with Crippen molar-refractivity contribution in [3.05, 3.63) is 12.2 Å². The van der Waals surface area contributed by atoms with Crippen LogP contribution in [0.4, 0.5) is 4.79 Å². The van der Waals surface area contributed by atoms with Gasteiger partial charge >= 0.3 is 6.09 Å². The average molecular weight is 497 g/mol. The van der Waals surface area contributed by atoms with E-state index in [0.29, 0.717) is 19.3 Å². The molecule has 1 saturated heterocycles. The van der Waals surface area contributed by atoms with Gasteiger partial charge in [-0.3, -0.25) is 14.4 Å². The molecule has 2 aliphatic heterocycles. The molecular weight excluding hydrogens is 460 g/mol. The molecule has 2 heterocycles. The van der Waals surface area contributed by atoms with Crippen LogP contribution in [0, 0.1) is 5.92 Å². The van der Waals surface area contributed by atoms with E-state index in [0.717, 1.165) is 24.2 Å². The molecule has 3 aliphatic rings. The monoisotopic (exact) mass is 496 g/mol. The molecule has 1 aliphatic carbocycles. The van der Waals surface area contributed by atoms with Gasteiger partial charge in [-0.15, -0.1) is 0 Å². The van der Waals surface area contributed by atoms with Crippen molar-refractivity contribution in [3.63, 3.8) is 0 Å². The second-order valence-corrected chi connectivity index (χ2v) is 12.8. The Morgan fingerprint density at radius 1 is 1.21 bits per heavy atom. The molecule has 190 valence electrons. The van der Waals surface area contributed by atoms with Crippen molar-refractivity contribution in [2.24, 2.45) is 17.4 Å². The molecule has 5 N–H and O–H groups in total. The Balaban J connectivity index is 2.03. The van der Waals surface area contributed by atoms with Crippen molar-refractivity contribution in [1.82, 2.24) is 10.2 Å². The van der Waals surface area contributed by atoms with E-state index in [-0.39, 0.29) is 25.3 Å². The standard InChI is InChI=1S/C23H36N4O6S/c1-21(2,3)34(32)23-14-15(23)10-7-5-4-6-8-11-16(33-20(25)31)17(28)27-13-9-12-22(27,18(24)29)19(30)26-23/h7,10,15-16H,4-6,8-9,11-14H2,1-3H3,(H2,24,29)(H2,25,31)(H,26,30)/t15?,16?,22?,23?,34-/m1/s1. The van der Waals surface area contributed by atoms with Gasteiger partial charge in [-0.25, -0.2) is 4.79 Å². The zero-order valence-electron chi connectivity index (χ0n) is 20.1. The van der Waals surface area contributed by atoms with Crippen LogP contribution >= 0.6 is 0 Å². The molecule has 0 radical (unpaired) electrons. The highest BCUT2D eigenvalue weighted by Gasteiger charge is 2.69. The summed E-state index contributed by atoms with van der Waals surface area (Å²) in [6.45, 7) is 5.60. The zero-order valence-corrected chi connectivity index (χ0v) is 20.9. The summed E-state index contributed by atoms with van der Waals surface area (Å²) >= 11 is -1.48. The summed E-state index contributed by atoms with van der Waals surface area (Å²) in [7, 11) is 0. The summed E-state index contributed by atoms with van der Waals surface area (Å²) < 4.78 is 18.0. The van der Waals surface area contributed by atoms with Crippen LogP contribution in [0.15, 0.2) is 12.2 Å². The van der Waals surface area contributed by atoms with Gasteiger partial charge in [0.1, 0.15) is 4.75 Å². The lowest BCUT2D eigenvalue weighted by atomic mass is 9.92. The van der Waals surface area contributed by atoms with E-state index >= 15 is 0 Å². The number of primary amides is 2. The van der Waals surface area contributed by atoms with Gasteiger partial charge in [-0.2, -0.15) is 0 Å². The zero-order chi connectivity index (χ0) is 25.3. The van der Waals surface area contributed by atoms with E-state index in [4.69, 9.17) is 16.2 Å². The molecule has 0 aromatic heterocycles. The van der Waals surface area contributed by atoms with Crippen LogP contribution in [0.1, 0.15) is 72.1 Å². The number of nitrogens with two attached hydrogens (primary N) is 2. The number of carbonyl (C=O) groups is 4. The second-order valence-electron chi connectivity index (χ2n) is 10.3. The largest absolute Gasteiger partial charge is 0.614 e. The number of allylic oxidation sites excluding steroid dienone is 1. The third-order valence-electron chi connectivity index (χ3n) is 6.84. The molecule has 11 heteroatoms. The number of hydrogen-bond acceptors (Lipinski definition) is 6. The van der Waals surface area contributed by atoms with Crippen molar-refractivity contribution in [2.75, 3.05) is 6.54 Å². The van der Waals surface area contributed by atoms with Crippen LogP contribution in [0.25, 0.3) is 0 Å². The third-order valence-corrected chi connectivity index (χ3v) is 9.19. The number of rotatable bonds is 3. The Labute approximate surface area is 203 Å². The number of carbonyl (C=O) groups excluding carboxylic acids is 4. The van der Waals surface area contributed by atoms with E-state index in [9.17, 15) is 23.7 Å². The number of amides is 4. The first-order chi connectivity index (χ1) is 15.9. The Kier molecular flexibility index (Phi) is 7.57. The molecule has 0 aromatic rings. The Bertz CT molecular complexity index is 874. The van der Waals surface area contributed by atoms with Gasteiger partial charge < -0.3 is 31.0 Å². The van der Waals surface area contributed by atoms with E-state index < -0.39 is 56.3 Å². The van der Waals surface area contributed by atoms with Crippen LogP contribution in [-0.4, -0.2) is 61.1 Å². The Morgan fingerprint density at radius 3 is 2.53 bits per heavy atom. The van der Waals surface area contributed by atoms with E-state index in [1.807, 2.05) is 32.9 Å². The normalized spacial score (nSPS) is 33.6. The van der Waals surface area contributed by atoms with E-state index in [1.54, 1.807) is 0 Å². The summed E-state index contributed by atoms with van der Waals surface area (Å²) in [5.41, 5.74) is 8.99. The summed E-state index contributed by atoms with van der Waals surface area (Å²) in [5.74, 6) is -2.53. The summed E-state index contributed by atoms with van der Waals surface area (Å²) in [6.07, 6.45) is 5.80. The number of nitrogens with zero attached hydrogens (tertiary/aromatic N) is 1. The minimum atomic E-state index is -1.96. The molecule has 0 spiro atoms. The minimum absolute atomic E-state index is 0.0297. The average Bonchev–Trinajstić information content (AvgIpc) is 3.22. The van der Waals surface area contributed by atoms with Crippen LogP contribution in [0.3, 0.4) is 0 Å². The van der Waals surface area contributed by atoms with Gasteiger partial charge in [0, 0.05) is 13.0 Å². The van der Waals surface area contributed by atoms with Gasteiger partial charge in [-0.1, -0.05) is 18.6 Å². The Morgan fingerprint density at radius 2 is 1.91 bits per heavy atom. The highest BCUT2D eigenvalue weighted by molar-refractivity contribution is 7.94. The van der Waals surface area contributed by atoms with Crippen molar-refractivity contribution in [3.8, 4) is 0 Å². The molecular formula is C23H36N4O6S. The molecule has 5 atom stereocenters. The maximum Gasteiger partial charge on any atom is 0.405 e. The van der Waals surface area contributed by atoms with Gasteiger partial charge in [0.05, 0.1) is 5.92 Å². The molecule has 3 rings (SSSR count). The molecule has 0 bridgehead atoms. The summed E-state index contributed by atoms with van der Waals surface area (Å²) in [6, 6.07) is 0. The first-order valence-corrected chi connectivity index (χ1v) is 13.0. The molecule has 0 aromatic carbocycles. The number of nitrogens with one attached hydrogen (secondary N) is 1. The fraction of sp³-hybridized carbons (Fsp3) is 0.739. The predicted octanol–water partition coefficient (Wildman–Crippen LogP) is 1.20. The highest BCUT2D eigenvalue weighted by atomic mass is 32.2. The van der Waals surface area contributed by atoms with Gasteiger partial charge in [-0.05, 0) is 70.5 Å². The maximum atomic E-state index is 13.7. The smallest absolute Gasteiger partial charge is 0.405 e. The first-order valence-electron chi connectivity index (χ1n) is 11.8. The predicted molar refractivity (Wildman–Crippen MR) is 126 cm³/mol. The topological polar surface area (TPSA) is 168 Å². The molecule has 4 amide bonds. The first kappa shape index (κ1) is 26.3. The lowest BCUT2D eigenvalue weighted by Gasteiger charge is -2.39. The third kappa shape index (κ3) is 4.91. The van der Waals surface area contributed by atoms with Crippen LogP contribution < -0.4 is 16.8 Å². The van der Waals surface area contributed by atoms with Gasteiger partial charge in [0.2, 0.25) is 10.4 Å². The summed E-state index contributed by atoms with van der Waals surface area (Å²) in [5, 5.41) is 2.90. The Hall–Kier alpha value is -2.27. The van der Waals surface area contributed by atoms with Crippen LogP contribution in [-0.2, 0) is 30.3 Å². The molecule has 2 fully saturated rings. The van der Waals surface area contributed by atoms with E-state index in [2.05, 4.69) is 5.32 Å². The highest BCUT2D eigenvalue weighted by Crippen LogP contribution is 2.53. The fourth-order valence-electron chi connectivity index (χ4n) is 5.03.